The first-order valence-corrected chi connectivity index (χ1v) is 7.97. The Morgan fingerprint density at radius 3 is 2.70 bits per heavy atom. The fourth-order valence-electron chi connectivity index (χ4n) is 2.98. The summed E-state index contributed by atoms with van der Waals surface area (Å²) in [6.07, 6.45) is -0.130. The van der Waals surface area contributed by atoms with E-state index in [0.717, 1.165) is 11.3 Å². The molecular formula is C17H23NO5. The highest BCUT2D eigenvalue weighted by Crippen LogP contribution is 2.21. The number of esters is 1. The van der Waals surface area contributed by atoms with Crippen LogP contribution in [0.4, 0.5) is 0 Å². The van der Waals surface area contributed by atoms with Gasteiger partial charge >= 0.3 is 5.97 Å². The summed E-state index contributed by atoms with van der Waals surface area (Å²) in [4.78, 5) is 12.0. The van der Waals surface area contributed by atoms with Gasteiger partial charge in [-0.1, -0.05) is 12.1 Å². The molecule has 0 saturated carbocycles. The summed E-state index contributed by atoms with van der Waals surface area (Å²) >= 11 is 0. The first kappa shape index (κ1) is 16.2. The zero-order valence-corrected chi connectivity index (χ0v) is 13.2. The molecule has 0 unspecified atom stereocenters. The van der Waals surface area contributed by atoms with Crippen LogP contribution in [0.2, 0.25) is 0 Å². The number of aliphatic hydroxyl groups is 1. The number of methoxy groups -OCH3 is 1. The van der Waals surface area contributed by atoms with E-state index in [1.165, 1.54) is 0 Å². The average molecular weight is 321 g/mol. The lowest BCUT2D eigenvalue weighted by molar-refractivity contribution is -0.159. The smallest absolute Gasteiger partial charge is 0.306 e. The van der Waals surface area contributed by atoms with Crippen LogP contribution >= 0.6 is 0 Å². The second-order valence-corrected chi connectivity index (χ2v) is 6.20. The van der Waals surface area contributed by atoms with Crippen LogP contribution in [0.3, 0.4) is 0 Å². The first-order chi connectivity index (χ1) is 11.2. The third-order valence-corrected chi connectivity index (χ3v) is 4.41. The Bertz CT molecular complexity index is 528. The molecule has 2 aliphatic rings. The molecule has 0 aliphatic carbocycles. The molecule has 3 atom stereocenters. The van der Waals surface area contributed by atoms with Crippen molar-refractivity contribution in [3.8, 4) is 5.75 Å². The maximum Gasteiger partial charge on any atom is 0.306 e. The first-order valence-electron chi connectivity index (χ1n) is 7.97. The molecule has 0 spiro atoms. The molecular weight excluding hydrogens is 298 g/mol. The molecule has 2 saturated heterocycles. The zero-order valence-electron chi connectivity index (χ0n) is 13.2. The van der Waals surface area contributed by atoms with Crippen molar-refractivity contribution in [2.45, 2.75) is 31.1 Å². The van der Waals surface area contributed by atoms with Gasteiger partial charge in [0.2, 0.25) is 0 Å². The normalized spacial score (nSPS) is 27.5. The van der Waals surface area contributed by atoms with Crippen LogP contribution in [0.1, 0.15) is 12.0 Å². The molecule has 0 radical (unpaired) electrons. The lowest BCUT2D eigenvalue weighted by Gasteiger charge is -2.27. The molecule has 0 aromatic heterocycles. The lowest BCUT2D eigenvalue weighted by Crippen LogP contribution is -2.40. The second-order valence-electron chi connectivity index (χ2n) is 6.20. The van der Waals surface area contributed by atoms with Crippen molar-refractivity contribution in [2.24, 2.45) is 5.92 Å². The van der Waals surface area contributed by atoms with E-state index in [4.69, 9.17) is 14.2 Å². The van der Waals surface area contributed by atoms with Crippen LogP contribution in [0.25, 0.3) is 0 Å². The summed E-state index contributed by atoms with van der Waals surface area (Å²) in [6, 6.07) is 7.68. The van der Waals surface area contributed by atoms with Crippen LogP contribution in [0.5, 0.6) is 5.75 Å². The zero-order chi connectivity index (χ0) is 16.2. The number of carbonyl (C=O) groups is 1. The van der Waals surface area contributed by atoms with Gasteiger partial charge in [0.25, 0.3) is 0 Å². The van der Waals surface area contributed by atoms with Gasteiger partial charge in [0.05, 0.1) is 32.8 Å². The van der Waals surface area contributed by atoms with E-state index in [-0.39, 0.29) is 17.9 Å². The molecule has 6 nitrogen and oxygen atoms in total. The number of hydrogen-bond donors (Lipinski definition) is 2. The molecule has 0 amide bonds. The van der Waals surface area contributed by atoms with Gasteiger partial charge in [-0.3, -0.25) is 4.79 Å². The number of carbonyl (C=O) groups excluding carboxylic acids is 1. The molecule has 2 heterocycles. The molecule has 2 fully saturated rings. The van der Waals surface area contributed by atoms with Gasteiger partial charge in [-0.2, -0.15) is 0 Å². The third kappa shape index (κ3) is 4.02. The van der Waals surface area contributed by atoms with Gasteiger partial charge in [0, 0.05) is 12.5 Å². The third-order valence-electron chi connectivity index (χ3n) is 4.41. The van der Waals surface area contributed by atoms with Crippen molar-refractivity contribution in [3.63, 3.8) is 0 Å². The highest BCUT2D eigenvalue weighted by molar-refractivity contribution is 5.70. The van der Waals surface area contributed by atoms with Crippen molar-refractivity contribution < 1.29 is 24.1 Å². The minimum absolute atomic E-state index is 0.0833. The van der Waals surface area contributed by atoms with E-state index in [1.807, 2.05) is 24.3 Å². The molecule has 1 aromatic carbocycles. The topological polar surface area (TPSA) is 77.0 Å². The molecule has 2 aliphatic heterocycles. The number of benzene rings is 1. The van der Waals surface area contributed by atoms with Crippen molar-refractivity contribution in [1.82, 2.24) is 5.32 Å². The number of β-amino-alcohol motifs (C(OH)–C–C–N with tert-alkyl or cyclic N) is 1. The van der Waals surface area contributed by atoms with Crippen molar-refractivity contribution in [1.29, 1.82) is 0 Å². The fraction of sp³-hybridized carbons (Fsp3) is 0.588. The average Bonchev–Trinajstić information content (AvgIpc) is 2.85. The van der Waals surface area contributed by atoms with Gasteiger partial charge in [-0.05, 0) is 24.1 Å². The van der Waals surface area contributed by atoms with E-state index in [9.17, 15) is 9.90 Å². The molecule has 1 aromatic rings. The minimum atomic E-state index is -0.667. The van der Waals surface area contributed by atoms with Crippen molar-refractivity contribution in [2.75, 3.05) is 26.9 Å². The van der Waals surface area contributed by atoms with Gasteiger partial charge in [0.15, 0.2) is 0 Å². The summed E-state index contributed by atoms with van der Waals surface area (Å²) in [7, 11) is 1.63. The molecule has 3 rings (SSSR count). The molecule has 2 N–H and O–H groups in total. The van der Waals surface area contributed by atoms with Gasteiger partial charge in [-0.25, -0.2) is 0 Å². The highest BCUT2D eigenvalue weighted by Gasteiger charge is 2.38. The van der Waals surface area contributed by atoms with Crippen LogP contribution in [-0.2, 0) is 20.7 Å². The number of nitrogens with one attached hydrogen (secondary N) is 1. The maximum absolute atomic E-state index is 12.0. The summed E-state index contributed by atoms with van der Waals surface area (Å²) in [5.74, 6) is 0.804. The van der Waals surface area contributed by atoms with Gasteiger partial charge in [0.1, 0.15) is 18.0 Å². The predicted molar refractivity (Wildman–Crippen MR) is 83.3 cm³/mol. The highest BCUT2D eigenvalue weighted by atomic mass is 16.6. The Labute approximate surface area is 135 Å². The van der Waals surface area contributed by atoms with Crippen LogP contribution in [0, 0.1) is 5.92 Å². The Morgan fingerprint density at radius 2 is 2.09 bits per heavy atom. The maximum atomic E-state index is 12.0. The van der Waals surface area contributed by atoms with E-state index < -0.39 is 12.2 Å². The quantitative estimate of drug-likeness (QED) is 0.744. The van der Waals surface area contributed by atoms with Crippen molar-refractivity contribution in [3.05, 3.63) is 29.8 Å². The molecule has 6 heteroatoms. The molecule has 0 bridgehead atoms. The van der Waals surface area contributed by atoms with Crippen LogP contribution in [-0.4, -0.2) is 56.2 Å². The number of ether oxygens (including phenoxy) is 3. The predicted octanol–water partition coefficient (Wildman–Crippen LogP) is 0.519. The number of hydrogen-bond acceptors (Lipinski definition) is 6. The van der Waals surface area contributed by atoms with Crippen molar-refractivity contribution >= 4 is 5.97 Å². The Balaban J connectivity index is 1.57. The monoisotopic (exact) mass is 321 g/mol. The minimum Gasteiger partial charge on any atom is -0.497 e. The summed E-state index contributed by atoms with van der Waals surface area (Å²) in [6.45, 7) is 1.68. The molecule has 126 valence electrons. The Kier molecular flexibility index (Phi) is 5.15. The Hall–Kier alpha value is -1.63. The summed E-state index contributed by atoms with van der Waals surface area (Å²) in [5.41, 5.74) is 1.10. The van der Waals surface area contributed by atoms with E-state index in [0.29, 0.717) is 32.6 Å². The SMILES string of the molecule is COc1ccc(C[C@H]2NC[C@H](O)[C@H]2OC(=O)CC2COC2)cc1. The van der Waals surface area contributed by atoms with E-state index in [1.54, 1.807) is 7.11 Å². The van der Waals surface area contributed by atoms with E-state index >= 15 is 0 Å². The lowest BCUT2D eigenvalue weighted by atomic mass is 10.0. The summed E-state index contributed by atoms with van der Waals surface area (Å²) in [5, 5.41) is 13.3. The Morgan fingerprint density at radius 1 is 1.35 bits per heavy atom. The largest absolute Gasteiger partial charge is 0.497 e. The second kappa shape index (κ2) is 7.29. The van der Waals surface area contributed by atoms with Crippen LogP contribution in [0.15, 0.2) is 24.3 Å². The van der Waals surface area contributed by atoms with Crippen LogP contribution < -0.4 is 10.1 Å². The van der Waals surface area contributed by atoms with Gasteiger partial charge in [-0.15, -0.1) is 0 Å². The summed E-state index contributed by atoms with van der Waals surface area (Å²) < 4.78 is 15.7. The van der Waals surface area contributed by atoms with E-state index in [2.05, 4.69) is 5.32 Å². The molecule has 23 heavy (non-hydrogen) atoms. The standard InChI is InChI=1S/C17H23NO5/c1-21-13-4-2-11(3-5-13)6-14-17(15(19)8-18-14)23-16(20)7-12-9-22-10-12/h2-5,12,14-15,17-19H,6-10H2,1H3/t14-,15+,17+/m1/s1. The number of aliphatic hydroxyl groups excluding tert-OH is 1. The fourth-order valence-corrected chi connectivity index (χ4v) is 2.98. The van der Waals surface area contributed by atoms with Gasteiger partial charge < -0.3 is 24.6 Å². The number of rotatable bonds is 6.